The standard InChI is InChI=1S/C18H16O4/c1-12(13-7-3-2-4-8-13)21-18(20)16-11-14-9-5-6-10-15(14)17(19)22-16/h2-10,12,16H,11H2,1H3. The average Bonchev–Trinajstić information content (AvgIpc) is 2.55. The van der Waals surface area contributed by atoms with Crippen LogP contribution in [0.5, 0.6) is 0 Å². The molecule has 0 spiro atoms. The van der Waals surface area contributed by atoms with Crippen LogP contribution in [-0.4, -0.2) is 18.0 Å². The molecule has 2 aromatic carbocycles. The maximum absolute atomic E-state index is 12.2. The Morgan fingerprint density at radius 2 is 1.82 bits per heavy atom. The quantitative estimate of drug-likeness (QED) is 0.817. The molecule has 4 nitrogen and oxygen atoms in total. The molecule has 1 heterocycles. The largest absolute Gasteiger partial charge is 0.455 e. The summed E-state index contributed by atoms with van der Waals surface area (Å²) in [6.45, 7) is 1.80. The van der Waals surface area contributed by atoms with Crippen LogP contribution in [0.15, 0.2) is 54.6 Å². The fourth-order valence-electron chi connectivity index (χ4n) is 2.51. The topological polar surface area (TPSA) is 52.6 Å². The van der Waals surface area contributed by atoms with Crippen molar-refractivity contribution < 1.29 is 19.1 Å². The van der Waals surface area contributed by atoms with Gasteiger partial charge in [-0.25, -0.2) is 9.59 Å². The first-order valence-electron chi connectivity index (χ1n) is 7.19. The summed E-state index contributed by atoms with van der Waals surface area (Å²) in [6, 6.07) is 16.6. The second-order valence-electron chi connectivity index (χ2n) is 5.25. The van der Waals surface area contributed by atoms with Gasteiger partial charge in [-0.05, 0) is 24.1 Å². The number of fused-ring (bicyclic) bond motifs is 1. The smallest absolute Gasteiger partial charge is 0.348 e. The summed E-state index contributed by atoms with van der Waals surface area (Å²) < 4.78 is 10.6. The molecule has 2 unspecified atom stereocenters. The molecule has 1 aliphatic rings. The van der Waals surface area contributed by atoms with Crippen LogP contribution in [0.25, 0.3) is 0 Å². The van der Waals surface area contributed by atoms with Gasteiger partial charge >= 0.3 is 11.9 Å². The van der Waals surface area contributed by atoms with E-state index in [0.717, 1.165) is 11.1 Å². The summed E-state index contributed by atoms with van der Waals surface area (Å²) in [6.07, 6.45) is -0.916. The van der Waals surface area contributed by atoms with Crippen LogP contribution >= 0.6 is 0 Å². The fraction of sp³-hybridized carbons (Fsp3) is 0.222. The van der Waals surface area contributed by atoms with Gasteiger partial charge in [0, 0.05) is 6.42 Å². The molecule has 0 aliphatic carbocycles. The van der Waals surface area contributed by atoms with Crippen LogP contribution in [0.2, 0.25) is 0 Å². The van der Waals surface area contributed by atoms with Gasteiger partial charge in [-0.1, -0.05) is 48.5 Å². The molecule has 4 heteroatoms. The van der Waals surface area contributed by atoms with E-state index in [-0.39, 0.29) is 6.10 Å². The van der Waals surface area contributed by atoms with Crippen molar-refractivity contribution in [2.24, 2.45) is 0 Å². The minimum atomic E-state index is -0.881. The van der Waals surface area contributed by atoms with Crippen molar-refractivity contribution in [2.75, 3.05) is 0 Å². The zero-order valence-electron chi connectivity index (χ0n) is 12.2. The molecule has 0 fully saturated rings. The normalized spacial score (nSPS) is 18.0. The number of benzene rings is 2. The van der Waals surface area contributed by atoms with Crippen molar-refractivity contribution in [3.05, 3.63) is 71.3 Å². The molecule has 0 saturated heterocycles. The minimum absolute atomic E-state index is 0.349. The number of carbonyl (C=O) groups excluding carboxylic acids is 2. The Morgan fingerprint density at radius 3 is 2.59 bits per heavy atom. The molecule has 112 valence electrons. The van der Waals surface area contributed by atoms with Crippen LogP contribution in [0.1, 0.15) is 34.5 Å². The predicted molar refractivity (Wildman–Crippen MR) is 80.3 cm³/mol. The molecule has 3 rings (SSSR count). The second kappa shape index (κ2) is 6.02. The number of hydrogen-bond donors (Lipinski definition) is 0. The Morgan fingerprint density at radius 1 is 1.14 bits per heavy atom. The highest BCUT2D eigenvalue weighted by Gasteiger charge is 2.33. The summed E-state index contributed by atoms with van der Waals surface area (Å²) in [5.74, 6) is -0.990. The maximum Gasteiger partial charge on any atom is 0.348 e. The Balaban J connectivity index is 1.70. The number of rotatable bonds is 3. The number of esters is 2. The Bertz CT molecular complexity index is 693. The van der Waals surface area contributed by atoms with E-state index in [9.17, 15) is 9.59 Å². The summed E-state index contributed by atoms with van der Waals surface area (Å²) >= 11 is 0. The van der Waals surface area contributed by atoms with E-state index in [0.29, 0.717) is 12.0 Å². The Hall–Kier alpha value is -2.62. The molecule has 2 atom stereocenters. The predicted octanol–water partition coefficient (Wildman–Crippen LogP) is 3.07. The average molecular weight is 296 g/mol. The first-order chi connectivity index (χ1) is 10.6. The van der Waals surface area contributed by atoms with Gasteiger partial charge in [-0.15, -0.1) is 0 Å². The first kappa shape index (κ1) is 14.3. The molecular weight excluding hydrogens is 280 g/mol. The Kier molecular flexibility index (Phi) is 3.92. The van der Waals surface area contributed by atoms with Crippen molar-refractivity contribution in [1.82, 2.24) is 0 Å². The Labute approximate surface area is 128 Å². The molecule has 0 N–H and O–H groups in total. The monoisotopic (exact) mass is 296 g/mol. The van der Waals surface area contributed by atoms with E-state index in [1.807, 2.05) is 42.5 Å². The van der Waals surface area contributed by atoms with E-state index >= 15 is 0 Å². The van der Waals surface area contributed by atoms with Crippen molar-refractivity contribution in [3.63, 3.8) is 0 Å². The van der Waals surface area contributed by atoms with Crippen molar-refractivity contribution >= 4 is 11.9 Å². The minimum Gasteiger partial charge on any atom is -0.455 e. The van der Waals surface area contributed by atoms with Crippen molar-refractivity contribution in [2.45, 2.75) is 25.6 Å². The van der Waals surface area contributed by atoms with Gasteiger partial charge in [0.05, 0.1) is 5.56 Å². The lowest BCUT2D eigenvalue weighted by atomic mass is 9.99. The van der Waals surface area contributed by atoms with E-state index < -0.39 is 18.0 Å². The molecular formula is C18H16O4. The van der Waals surface area contributed by atoms with Gasteiger partial charge in [0.15, 0.2) is 0 Å². The van der Waals surface area contributed by atoms with Crippen LogP contribution in [0.3, 0.4) is 0 Å². The van der Waals surface area contributed by atoms with Crippen LogP contribution in [-0.2, 0) is 20.7 Å². The highest BCUT2D eigenvalue weighted by atomic mass is 16.6. The highest BCUT2D eigenvalue weighted by Crippen LogP contribution is 2.23. The number of hydrogen-bond acceptors (Lipinski definition) is 4. The summed E-state index contributed by atoms with van der Waals surface area (Å²) in [7, 11) is 0. The van der Waals surface area contributed by atoms with Gasteiger partial charge < -0.3 is 9.47 Å². The highest BCUT2D eigenvalue weighted by molar-refractivity contribution is 5.94. The summed E-state index contributed by atoms with van der Waals surface area (Å²) in [5, 5.41) is 0. The summed E-state index contributed by atoms with van der Waals surface area (Å²) in [5.41, 5.74) is 2.23. The molecule has 0 radical (unpaired) electrons. The maximum atomic E-state index is 12.2. The van der Waals surface area contributed by atoms with Crippen LogP contribution in [0.4, 0.5) is 0 Å². The number of ether oxygens (including phenoxy) is 2. The van der Waals surface area contributed by atoms with Gasteiger partial charge in [-0.3, -0.25) is 0 Å². The van der Waals surface area contributed by atoms with E-state index in [4.69, 9.17) is 9.47 Å². The lowest BCUT2D eigenvalue weighted by molar-refractivity contribution is -0.159. The summed E-state index contributed by atoms with van der Waals surface area (Å²) in [4.78, 5) is 24.2. The fourth-order valence-corrected chi connectivity index (χ4v) is 2.51. The lowest BCUT2D eigenvalue weighted by Crippen LogP contribution is -2.35. The molecule has 1 aliphatic heterocycles. The second-order valence-corrected chi connectivity index (χ2v) is 5.25. The number of carbonyl (C=O) groups is 2. The van der Waals surface area contributed by atoms with Crippen molar-refractivity contribution in [3.8, 4) is 0 Å². The molecule has 22 heavy (non-hydrogen) atoms. The number of cyclic esters (lactones) is 1. The SMILES string of the molecule is CC(OC(=O)C1Cc2ccccc2C(=O)O1)c1ccccc1. The zero-order chi connectivity index (χ0) is 15.5. The molecule has 2 aromatic rings. The third kappa shape index (κ3) is 2.86. The molecule has 0 bridgehead atoms. The van der Waals surface area contributed by atoms with Crippen LogP contribution in [0, 0.1) is 0 Å². The molecule has 0 amide bonds. The van der Waals surface area contributed by atoms with Gasteiger partial charge in [-0.2, -0.15) is 0 Å². The van der Waals surface area contributed by atoms with Crippen molar-refractivity contribution in [1.29, 1.82) is 0 Å². The van der Waals surface area contributed by atoms with Gasteiger partial charge in [0.1, 0.15) is 6.10 Å². The van der Waals surface area contributed by atoms with Crippen LogP contribution < -0.4 is 0 Å². The van der Waals surface area contributed by atoms with Gasteiger partial charge in [0.25, 0.3) is 0 Å². The zero-order valence-corrected chi connectivity index (χ0v) is 12.2. The van der Waals surface area contributed by atoms with E-state index in [1.165, 1.54) is 0 Å². The third-order valence-electron chi connectivity index (χ3n) is 3.72. The van der Waals surface area contributed by atoms with Gasteiger partial charge in [0.2, 0.25) is 6.10 Å². The van der Waals surface area contributed by atoms with E-state index in [1.54, 1.807) is 19.1 Å². The molecule has 0 aromatic heterocycles. The molecule has 0 saturated carbocycles. The van der Waals surface area contributed by atoms with E-state index in [2.05, 4.69) is 0 Å². The lowest BCUT2D eigenvalue weighted by Gasteiger charge is -2.24. The third-order valence-corrected chi connectivity index (χ3v) is 3.72. The first-order valence-corrected chi connectivity index (χ1v) is 7.19.